The first-order valence-corrected chi connectivity index (χ1v) is 11.8. The van der Waals surface area contributed by atoms with Gasteiger partial charge in [-0.2, -0.15) is 5.10 Å². The van der Waals surface area contributed by atoms with E-state index in [1.54, 1.807) is 0 Å². The Morgan fingerprint density at radius 2 is 1.66 bits per heavy atom. The fourth-order valence-electron chi connectivity index (χ4n) is 5.32. The van der Waals surface area contributed by atoms with Crippen LogP contribution in [0.1, 0.15) is 86.6 Å². The smallest absolute Gasteiger partial charge is 0.169 e. The Morgan fingerprint density at radius 3 is 2.25 bits per heavy atom. The van der Waals surface area contributed by atoms with Gasteiger partial charge in [-0.05, 0) is 51.2 Å². The minimum Gasteiger partial charge on any atom is -0.363 e. The number of nitrogens with zero attached hydrogens (tertiary/aromatic N) is 2. The molecule has 4 heteroatoms. The number of aryl methyl sites for hydroxylation is 1. The molecule has 3 aromatic rings. The molecule has 0 amide bonds. The summed E-state index contributed by atoms with van der Waals surface area (Å²) in [6.45, 7) is 10.8. The van der Waals surface area contributed by atoms with Crippen LogP contribution >= 0.6 is 0 Å². The van der Waals surface area contributed by atoms with Crippen molar-refractivity contribution in [2.75, 3.05) is 5.32 Å². The van der Waals surface area contributed by atoms with E-state index in [1.165, 1.54) is 11.1 Å². The highest BCUT2D eigenvalue weighted by Gasteiger charge is 2.39. The van der Waals surface area contributed by atoms with Gasteiger partial charge in [0.2, 0.25) is 0 Å². The number of Topliss-reactive ketones (excluding diaryl/α,β-unsaturated/α-hetero) is 1. The van der Waals surface area contributed by atoms with Crippen LogP contribution in [0.25, 0.3) is 0 Å². The highest BCUT2D eigenvalue weighted by Crippen LogP contribution is 2.43. The normalized spacial score (nSPS) is 17.5. The molecule has 0 bridgehead atoms. The van der Waals surface area contributed by atoms with Gasteiger partial charge >= 0.3 is 0 Å². The van der Waals surface area contributed by atoms with Crippen LogP contribution in [-0.4, -0.2) is 15.6 Å². The summed E-state index contributed by atoms with van der Waals surface area (Å²) < 4.78 is 2.04. The second kappa shape index (κ2) is 8.57. The van der Waals surface area contributed by atoms with Gasteiger partial charge in [-0.15, -0.1) is 0 Å². The van der Waals surface area contributed by atoms with Crippen LogP contribution in [0, 0.1) is 6.92 Å². The minimum atomic E-state index is -0.184. The van der Waals surface area contributed by atoms with E-state index in [0.29, 0.717) is 6.42 Å². The van der Waals surface area contributed by atoms with Crippen LogP contribution in [0.3, 0.4) is 0 Å². The molecule has 0 aliphatic carbocycles. The number of carbonyl (C=O) groups excluding carboxylic acids is 1. The van der Waals surface area contributed by atoms with Crippen LogP contribution < -0.4 is 5.32 Å². The molecule has 1 atom stereocenters. The van der Waals surface area contributed by atoms with Crippen LogP contribution in [0.4, 0.5) is 5.82 Å². The lowest BCUT2D eigenvalue weighted by atomic mass is 9.71. The number of carbonyl (C=O) groups is 1. The molecule has 0 radical (unpaired) electrons. The lowest BCUT2D eigenvalue weighted by Gasteiger charge is -2.38. The maximum absolute atomic E-state index is 13.9. The Hall–Kier alpha value is -2.88. The largest absolute Gasteiger partial charge is 0.363 e. The van der Waals surface area contributed by atoms with Crippen LogP contribution in [-0.2, 0) is 11.0 Å². The topological polar surface area (TPSA) is 46.9 Å². The van der Waals surface area contributed by atoms with Crippen molar-refractivity contribution in [1.29, 1.82) is 0 Å². The molecule has 1 aromatic heterocycles. The summed E-state index contributed by atoms with van der Waals surface area (Å²) in [6, 6.07) is 21.1. The van der Waals surface area contributed by atoms with Gasteiger partial charge in [0.15, 0.2) is 5.78 Å². The monoisotopic (exact) mass is 429 g/mol. The zero-order valence-corrected chi connectivity index (χ0v) is 20.0. The fraction of sp³-hybridized carbons (Fsp3) is 0.429. The van der Waals surface area contributed by atoms with Crippen molar-refractivity contribution in [3.8, 4) is 0 Å². The van der Waals surface area contributed by atoms with Gasteiger partial charge in [0.05, 0.1) is 22.8 Å². The highest BCUT2D eigenvalue weighted by atomic mass is 16.1. The SMILES string of the molecule is CCC(CC)(CC(=O)c1c(C)nn2c1N[C@H](c1ccccc1)CC2(C)C)c1ccccc1. The Balaban J connectivity index is 1.73. The molecule has 0 saturated heterocycles. The summed E-state index contributed by atoms with van der Waals surface area (Å²) in [6.07, 6.45) is 3.25. The third-order valence-electron chi connectivity index (χ3n) is 7.37. The second-order valence-electron chi connectivity index (χ2n) is 9.80. The standard InChI is InChI=1S/C28H35N3O/c1-6-28(7-2,22-16-12-9-13-17-22)19-24(32)25-20(3)30-31-26(25)29-23(18-27(31,4)5)21-14-10-8-11-15-21/h8-17,23,29H,6-7,18-19H2,1-5H3/t23-/m0/s1. The summed E-state index contributed by atoms with van der Waals surface area (Å²) >= 11 is 0. The van der Waals surface area contributed by atoms with E-state index in [2.05, 4.69) is 81.5 Å². The third-order valence-corrected chi connectivity index (χ3v) is 7.37. The zero-order valence-electron chi connectivity index (χ0n) is 20.0. The lowest BCUT2D eigenvalue weighted by Crippen LogP contribution is -2.38. The van der Waals surface area contributed by atoms with Gasteiger partial charge in [-0.3, -0.25) is 4.79 Å². The molecule has 0 spiro atoms. The molecule has 1 aliphatic heterocycles. The molecule has 0 unspecified atom stereocenters. The molecule has 4 rings (SSSR count). The van der Waals surface area contributed by atoms with Gasteiger partial charge in [-0.25, -0.2) is 4.68 Å². The predicted molar refractivity (Wildman–Crippen MR) is 131 cm³/mol. The predicted octanol–water partition coefficient (Wildman–Crippen LogP) is 6.81. The van der Waals surface area contributed by atoms with Crippen LogP contribution in [0.15, 0.2) is 60.7 Å². The van der Waals surface area contributed by atoms with Crippen molar-refractivity contribution in [2.24, 2.45) is 0 Å². The molecule has 168 valence electrons. The summed E-state index contributed by atoms with van der Waals surface area (Å²) in [5.74, 6) is 1.04. The molecule has 2 aromatic carbocycles. The summed E-state index contributed by atoms with van der Waals surface area (Å²) in [4.78, 5) is 13.9. The van der Waals surface area contributed by atoms with Gasteiger partial charge in [0, 0.05) is 11.8 Å². The van der Waals surface area contributed by atoms with Gasteiger partial charge in [-0.1, -0.05) is 74.5 Å². The van der Waals surface area contributed by atoms with E-state index < -0.39 is 0 Å². The molecule has 32 heavy (non-hydrogen) atoms. The maximum atomic E-state index is 13.9. The number of fused-ring (bicyclic) bond motifs is 1. The average Bonchev–Trinajstić information content (AvgIpc) is 3.15. The number of anilines is 1. The Bertz CT molecular complexity index is 1080. The molecule has 0 fully saturated rings. The summed E-state index contributed by atoms with van der Waals surface area (Å²) in [5, 5.41) is 8.52. The van der Waals surface area contributed by atoms with E-state index in [0.717, 1.165) is 36.3 Å². The third kappa shape index (κ3) is 3.87. The van der Waals surface area contributed by atoms with Crippen molar-refractivity contribution in [3.63, 3.8) is 0 Å². The summed E-state index contributed by atoms with van der Waals surface area (Å²) in [5.41, 5.74) is 3.70. The quantitative estimate of drug-likeness (QED) is 0.419. The number of aromatic nitrogens is 2. The number of hydrogen-bond acceptors (Lipinski definition) is 3. The van der Waals surface area contributed by atoms with E-state index in [1.807, 2.05) is 23.7 Å². The van der Waals surface area contributed by atoms with E-state index in [9.17, 15) is 4.79 Å². The van der Waals surface area contributed by atoms with Crippen LogP contribution in [0.2, 0.25) is 0 Å². The molecule has 0 saturated carbocycles. The average molecular weight is 430 g/mol. The van der Waals surface area contributed by atoms with Crippen molar-refractivity contribution in [2.45, 2.75) is 77.3 Å². The van der Waals surface area contributed by atoms with E-state index in [4.69, 9.17) is 5.10 Å². The van der Waals surface area contributed by atoms with Crippen molar-refractivity contribution >= 4 is 11.6 Å². The first kappa shape index (κ1) is 22.3. The zero-order chi connectivity index (χ0) is 22.9. The first-order valence-electron chi connectivity index (χ1n) is 11.8. The number of benzene rings is 2. The number of ketones is 1. The van der Waals surface area contributed by atoms with Crippen molar-refractivity contribution in [3.05, 3.63) is 83.0 Å². The lowest BCUT2D eigenvalue weighted by molar-refractivity contribution is 0.0944. The van der Waals surface area contributed by atoms with E-state index in [-0.39, 0.29) is 22.8 Å². The Morgan fingerprint density at radius 1 is 1.06 bits per heavy atom. The van der Waals surface area contributed by atoms with Crippen LogP contribution in [0.5, 0.6) is 0 Å². The highest BCUT2D eigenvalue weighted by molar-refractivity contribution is 6.02. The van der Waals surface area contributed by atoms with Gasteiger partial charge in [0.1, 0.15) is 5.82 Å². The van der Waals surface area contributed by atoms with Gasteiger partial charge in [0.25, 0.3) is 0 Å². The second-order valence-corrected chi connectivity index (χ2v) is 9.80. The van der Waals surface area contributed by atoms with Crippen molar-refractivity contribution in [1.82, 2.24) is 9.78 Å². The number of nitrogens with one attached hydrogen (secondary N) is 1. The Labute approximate surface area is 192 Å². The molecular weight excluding hydrogens is 394 g/mol. The molecule has 4 nitrogen and oxygen atoms in total. The Kier molecular flexibility index (Phi) is 5.98. The molecule has 1 aliphatic rings. The van der Waals surface area contributed by atoms with Crippen molar-refractivity contribution < 1.29 is 4.79 Å². The number of hydrogen-bond donors (Lipinski definition) is 1. The number of rotatable bonds is 7. The first-order chi connectivity index (χ1) is 15.3. The van der Waals surface area contributed by atoms with Gasteiger partial charge < -0.3 is 5.32 Å². The fourth-order valence-corrected chi connectivity index (χ4v) is 5.32. The minimum absolute atomic E-state index is 0.151. The molecule has 1 N–H and O–H groups in total. The maximum Gasteiger partial charge on any atom is 0.169 e. The molecule has 2 heterocycles. The van der Waals surface area contributed by atoms with E-state index >= 15 is 0 Å². The molecular formula is C28H35N3O. The summed E-state index contributed by atoms with van der Waals surface area (Å²) in [7, 11) is 0.